The van der Waals surface area contributed by atoms with Crippen LogP contribution in [0, 0.1) is 11.3 Å². The fraction of sp³-hybridized carbons (Fsp3) is 0.444. The molecule has 0 fully saturated rings. The number of nitriles is 1. The number of nitrogens with zero attached hydrogens (tertiary/aromatic N) is 1. The highest BCUT2D eigenvalue weighted by molar-refractivity contribution is 7.30. The first kappa shape index (κ1) is 8.37. The molecule has 11 heavy (non-hydrogen) atoms. The van der Waals surface area contributed by atoms with Crippen molar-refractivity contribution in [1.82, 2.24) is 0 Å². The minimum atomic E-state index is 0.631. The lowest BCUT2D eigenvalue weighted by molar-refractivity contribution is 1.05. The Balaban J connectivity index is 3.12. The highest BCUT2D eigenvalue weighted by Crippen LogP contribution is 2.26. The molecule has 1 atom stereocenters. The van der Waals surface area contributed by atoms with E-state index in [-0.39, 0.29) is 0 Å². The lowest BCUT2D eigenvalue weighted by Gasteiger charge is -1.96. The fourth-order valence-electron chi connectivity index (χ4n) is 1.31. The van der Waals surface area contributed by atoms with Gasteiger partial charge in [0.15, 0.2) is 0 Å². The Morgan fingerprint density at radius 1 is 1.45 bits per heavy atom. The van der Waals surface area contributed by atoms with Gasteiger partial charge in [0.05, 0.1) is 5.30 Å². The molecule has 1 nitrogen and oxygen atoms in total. The third-order valence-electron chi connectivity index (χ3n) is 1.93. The van der Waals surface area contributed by atoms with Gasteiger partial charge in [-0.05, 0) is 29.8 Å². The van der Waals surface area contributed by atoms with Crippen molar-refractivity contribution in [2.45, 2.75) is 26.7 Å². The lowest BCUT2D eigenvalue weighted by atomic mass is 10.1. The average Bonchev–Trinajstić information content (AvgIpc) is 2.45. The van der Waals surface area contributed by atoms with E-state index >= 15 is 0 Å². The maximum atomic E-state index is 8.75. The van der Waals surface area contributed by atoms with Gasteiger partial charge in [0, 0.05) is 0 Å². The summed E-state index contributed by atoms with van der Waals surface area (Å²) in [4.78, 5) is 0. The summed E-state index contributed by atoms with van der Waals surface area (Å²) in [5.74, 6) is 2.21. The molecule has 0 aliphatic heterocycles. The molecule has 0 aliphatic carbocycles. The van der Waals surface area contributed by atoms with Crippen LogP contribution < -0.4 is 0 Å². The molecular weight excluding hydrogens is 153 g/mol. The number of rotatable bonds is 2. The van der Waals surface area contributed by atoms with Crippen molar-refractivity contribution in [1.29, 1.82) is 5.26 Å². The minimum absolute atomic E-state index is 0.631. The Labute approximate surface area is 69.1 Å². The van der Waals surface area contributed by atoms with Crippen LogP contribution in [0.5, 0.6) is 0 Å². The smallest absolute Gasteiger partial charge is 0.103 e. The van der Waals surface area contributed by atoms with Crippen LogP contribution in [0.4, 0.5) is 0 Å². The average molecular weight is 165 g/mol. The summed E-state index contributed by atoms with van der Waals surface area (Å²) in [5.41, 5.74) is 2.69. The summed E-state index contributed by atoms with van der Waals surface area (Å²) >= 11 is 0. The van der Waals surface area contributed by atoms with Crippen LogP contribution >= 0.6 is 8.19 Å². The van der Waals surface area contributed by atoms with Crippen molar-refractivity contribution in [2.24, 2.45) is 0 Å². The molecule has 1 aromatic heterocycles. The molecule has 1 rings (SSSR count). The first-order chi connectivity index (χ1) is 5.33. The van der Waals surface area contributed by atoms with Crippen LogP contribution in [-0.4, -0.2) is 0 Å². The molecule has 0 amide bonds. The predicted molar refractivity (Wildman–Crippen MR) is 49.4 cm³/mol. The van der Waals surface area contributed by atoms with E-state index in [2.05, 4.69) is 25.7 Å². The van der Waals surface area contributed by atoms with Crippen LogP contribution in [-0.2, 0) is 12.8 Å². The molecule has 0 aliphatic rings. The summed E-state index contributed by atoms with van der Waals surface area (Å²) in [6, 6.07) is 2.27. The normalized spacial score (nSPS) is 10.3. The van der Waals surface area contributed by atoms with E-state index in [1.54, 1.807) is 0 Å². The molecule has 0 N–H and O–H groups in total. The second kappa shape index (κ2) is 3.60. The number of hydrogen-bond donors (Lipinski definition) is 0. The molecule has 2 heteroatoms. The Bertz CT molecular complexity index is 280. The van der Waals surface area contributed by atoms with E-state index in [1.807, 2.05) is 0 Å². The second-order valence-electron chi connectivity index (χ2n) is 2.49. The first-order valence-electron chi connectivity index (χ1n) is 3.92. The maximum Gasteiger partial charge on any atom is 0.103 e. The molecular formula is C9H12NP. The summed E-state index contributed by atoms with van der Waals surface area (Å²) < 4.78 is 0. The Kier molecular flexibility index (Phi) is 2.74. The van der Waals surface area contributed by atoms with Gasteiger partial charge in [0.2, 0.25) is 0 Å². The highest BCUT2D eigenvalue weighted by atomic mass is 31.0. The minimum Gasteiger partial charge on any atom is -0.192 e. The summed E-state index contributed by atoms with van der Waals surface area (Å²) in [6.07, 6.45) is 2.08. The van der Waals surface area contributed by atoms with Crippen LogP contribution in [0.25, 0.3) is 0 Å². The van der Waals surface area contributed by atoms with Crippen molar-refractivity contribution >= 4 is 8.19 Å². The zero-order chi connectivity index (χ0) is 8.27. The standard InChI is InChI=1S/C9H12NP/c1-3-7-6-11-9(5-10)8(7)4-2/h6,11H,3-4H2,1-2H3. The van der Waals surface area contributed by atoms with E-state index in [1.165, 1.54) is 11.1 Å². The van der Waals surface area contributed by atoms with Crippen LogP contribution in [0.2, 0.25) is 0 Å². The molecule has 1 heterocycles. The van der Waals surface area contributed by atoms with Gasteiger partial charge in [-0.1, -0.05) is 13.8 Å². The largest absolute Gasteiger partial charge is 0.192 e. The first-order valence-corrected chi connectivity index (χ1v) is 5.00. The lowest BCUT2D eigenvalue weighted by Crippen LogP contribution is -1.86. The Morgan fingerprint density at radius 2 is 2.18 bits per heavy atom. The van der Waals surface area contributed by atoms with E-state index < -0.39 is 0 Å². The van der Waals surface area contributed by atoms with Gasteiger partial charge in [0.1, 0.15) is 6.07 Å². The molecule has 0 radical (unpaired) electrons. The molecule has 1 aromatic rings. The van der Waals surface area contributed by atoms with Gasteiger partial charge in [0.25, 0.3) is 0 Å². The van der Waals surface area contributed by atoms with Crippen LogP contribution in [0.1, 0.15) is 30.3 Å². The highest BCUT2D eigenvalue weighted by Gasteiger charge is 2.05. The van der Waals surface area contributed by atoms with Crippen LogP contribution in [0.15, 0.2) is 5.80 Å². The SMILES string of the molecule is CCc1c[pH]c(C#N)c1CC. The van der Waals surface area contributed by atoms with E-state index in [9.17, 15) is 0 Å². The zero-order valence-electron chi connectivity index (χ0n) is 6.94. The van der Waals surface area contributed by atoms with Crippen molar-refractivity contribution in [2.75, 3.05) is 0 Å². The zero-order valence-corrected chi connectivity index (χ0v) is 7.94. The number of hydrogen-bond acceptors (Lipinski definition) is 1. The van der Waals surface area contributed by atoms with Gasteiger partial charge in [-0.25, -0.2) is 0 Å². The Hall–Kier alpha value is -0.730. The van der Waals surface area contributed by atoms with Gasteiger partial charge >= 0.3 is 0 Å². The van der Waals surface area contributed by atoms with E-state index in [0.717, 1.165) is 18.1 Å². The fourth-order valence-corrected chi connectivity index (χ4v) is 2.59. The maximum absolute atomic E-state index is 8.75. The molecule has 0 saturated carbocycles. The molecule has 0 saturated heterocycles. The van der Waals surface area contributed by atoms with Crippen molar-refractivity contribution in [3.63, 3.8) is 0 Å². The molecule has 0 aromatic carbocycles. The predicted octanol–water partition coefficient (Wildman–Crippen LogP) is 2.71. The third kappa shape index (κ3) is 1.47. The Morgan fingerprint density at radius 3 is 2.64 bits per heavy atom. The second-order valence-corrected chi connectivity index (χ2v) is 3.56. The molecule has 0 bridgehead atoms. The van der Waals surface area contributed by atoms with Crippen molar-refractivity contribution in [3.05, 3.63) is 22.2 Å². The number of aryl methyl sites for hydroxylation is 1. The summed E-state index contributed by atoms with van der Waals surface area (Å²) in [5, 5.41) is 9.75. The molecule has 1 unspecified atom stereocenters. The van der Waals surface area contributed by atoms with Crippen molar-refractivity contribution in [3.8, 4) is 6.07 Å². The molecule has 0 spiro atoms. The van der Waals surface area contributed by atoms with Gasteiger partial charge in [-0.3, -0.25) is 0 Å². The third-order valence-corrected chi connectivity index (χ3v) is 3.12. The summed E-state index contributed by atoms with van der Waals surface area (Å²) in [7, 11) is 0.631. The van der Waals surface area contributed by atoms with Gasteiger partial charge in [-0.15, -0.1) is 8.19 Å². The summed E-state index contributed by atoms with van der Waals surface area (Å²) in [6.45, 7) is 4.26. The molecule has 58 valence electrons. The quantitative estimate of drug-likeness (QED) is 0.661. The van der Waals surface area contributed by atoms with Gasteiger partial charge in [-0.2, -0.15) is 5.26 Å². The topological polar surface area (TPSA) is 23.8 Å². The monoisotopic (exact) mass is 165 g/mol. The van der Waals surface area contributed by atoms with Crippen LogP contribution in [0.3, 0.4) is 0 Å². The van der Waals surface area contributed by atoms with Crippen molar-refractivity contribution < 1.29 is 0 Å². The van der Waals surface area contributed by atoms with Gasteiger partial charge < -0.3 is 0 Å². The van der Waals surface area contributed by atoms with E-state index in [0.29, 0.717) is 8.19 Å². The van der Waals surface area contributed by atoms with E-state index in [4.69, 9.17) is 5.26 Å².